The molecule has 26 heavy (non-hydrogen) atoms. The van der Waals surface area contributed by atoms with Gasteiger partial charge in [-0.3, -0.25) is 9.52 Å². The Labute approximate surface area is 159 Å². The Kier molecular flexibility index (Phi) is 6.67. The number of carbonyl (C=O) groups excluding carboxylic acids is 1. The summed E-state index contributed by atoms with van der Waals surface area (Å²) in [7, 11) is -3.78. The average molecular weight is 395 g/mol. The first-order chi connectivity index (χ1) is 12.2. The predicted octanol–water partition coefficient (Wildman–Crippen LogP) is 4.75. The van der Waals surface area contributed by atoms with Crippen molar-refractivity contribution in [3.05, 3.63) is 52.5 Å². The minimum Gasteiger partial charge on any atom is -0.325 e. The van der Waals surface area contributed by atoms with E-state index in [9.17, 15) is 13.2 Å². The van der Waals surface area contributed by atoms with Crippen molar-refractivity contribution in [2.75, 3.05) is 10.0 Å². The van der Waals surface area contributed by atoms with Crippen LogP contribution in [-0.2, 0) is 21.2 Å². The lowest BCUT2D eigenvalue weighted by Crippen LogP contribution is -2.14. The third-order valence-electron chi connectivity index (χ3n) is 3.92. The molecule has 0 saturated carbocycles. The van der Waals surface area contributed by atoms with Crippen molar-refractivity contribution in [3.63, 3.8) is 0 Å². The van der Waals surface area contributed by atoms with Gasteiger partial charge in [0.1, 0.15) is 0 Å². The van der Waals surface area contributed by atoms with Gasteiger partial charge in [0.15, 0.2) is 0 Å². The molecule has 0 unspecified atom stereocenters. The Morgan fingerprint density at radius 1 is 1.12 bits per heavy atom. The zero-order valence-electron chi connectivity index (χ0n) is 15.1. The highest BCUT2D eigenvalue weighted by molar-refractivity contribution is 7.92. The standard InChI is InChI=1S/C19H23ClN2O3S/c1-4-5-6-15-7-9-18(13(2)11-15)22-26(24,25)16-8-10-19(17(20)12-16)21-14(3)23/h7-12,22H,4-6H2,1-3H3,(H,21,23). The van der Waals surface area contributed by atoms with E-state index in [0.29, 0.717) is 11.4 Å². The van der Waals surface area contributed by atoms with Gasteiger partial charge >= 0.3 is 0 Å². The number of unbranched alkanes of at least 4 members (excludes halogenated alkanes) is 1. The number of aryl methyl sites for hydroxylation is 2. The summed E-state index contributed by atoms with van der Waals surface area (Å²) < 4.78 is 27.9. The minimum atomic E-state index is -3.78. The van der Waals surface area contributed by atoms with Crippen LogP contribution < -0.4 is 10.0 Å². The first-order valence-electron chi connectivity index (χ1n) is 8.42. The van der Waals surface area contributed by atoms with Crippen molar-refractivity contribution in [2.45, 2.75) is 44.9 Å². The van der Waals surface area contributed by atoms with E-state index in [4.69, 9.17) is 11.6 Å². The quantitative estimate of drug-likeness (QED) is 0.711. The van der Waals surface area contributed by atoms with Crippen molar-refractivity contribution in [2.24, 2.45) is 0 Å². The lowest BCUT2D eigenvalue weighted by atomic mass is 10.1. The Morgan fingerprint density at radius 3 is 2.38 bits per heavy atom. The van der Waals surface area contributed by atoms with E-state index in [1.54, 1.807) is 6.07 Å². The minimum absolute atomic E-state index is 0.0334. The lowest BCUT2D eigenvalue weighted by molar-refractivity contribution is -0.114. The Bertz CT molecular complexity index is 911. The van der Waals surface area contributed by atoms with Crippen LogP contribution in [-0.4, -0.2) is 14.3 Å². The number of hydrogen-bond donors (Lipinski definition) is 2. The monoisotopic (exact) mass is 394 g/mol. The Hall–Kier alpha value is -2.05. The molecule has 2 rings (SSSR count). The van der Waals surface area contributed by atoms with Crippen LogP contribution in [0, 0.1) is 6.92 Å². The van der Waals surface area contributed by atoms with E-state index >= 15 is 0 Å². The smallest absolute Gasteiger partial charge is 0.261 e. The van der Waals surface area contributed by atoms with Crippen molar-refractivity contribution in [1.82, 2.24) is 0 Å². The molecule has 0 aliphatic carbocycles. The number of rotatable bonds is 7. The van der Waals surface area contributed by atoms with Gasteiger partial charge < -0.3 is 5.32 Å². The first kappa shape index (κ1) is 20.3. The molecule has 0 aromatic heterocycles. The van der Waals surface area contributed by atoms with Crippen molar-refractivity contribution >= 4 is 38.9 Å². The zero-order valence-corrected chi connectivity index (χ0v) is 16.7. The summed E-state index contributed by atoms with van der Waals surface area (Å²) in [6.07, 6.45) is 3.19. The van der Waals surface area contributed by atoms with Gasteiger partial charge in [-0.05, 0) is 55.2 Å². The fraction of sp³-hybridized carbons (Fsp3) is 0.316. The summed E-state index contributed by atoms with van der Waals surface area (Å²) in [5.74, 6) is -0.278. The van der Waals surface area contributed by atoms with Crippen LogP contribution in [0.25, 0.3) is 0 Å². The van der Waals surface area contributed by atoms with E-state index in [2.05, 4.69) is 17.0 Å². The van der Waals surface area contributed by atoms with Crippen molar-refractivity contribution < 1.29 is 13.2 Å². The maximum atomic E-state index is 12.6. The number of benzene rings is 2. The summed E-state index contributed by atoms with van der Waals surface area (Å²) in [5, 5.41) is 2.71. The van der Waals surface area contributed by atoms with Gasteiger partial charge in [0.05, 0.1) is 21.3 Å². The van der Waals surface area contributed by atoms with Crippen LogP contribution in [0.15, 0.2) is 41.3 Å². The molecular formula is C19H23ClN2O3S. The maximum Gasteiger partial charge on any atom is 0.261 e. The van der Waals surface area contributed by atoms with Crippen LogP contribution in [0.1, 0.15) is 37.8 Å². The molecule has 1 amide bonds. The number of carbonyl (C=O) groups is 1. The molecule has 0 radical (unpaired) electrons. The molecule has 2 aromatic rings. The fourth-order valence-electron chi connectivity index (χ4n) is 2.53. The molecule has 0 heterocycles. The molecule has 0 aliphatic rings. The first-order valence-corrected chi connectivity index (χ1v) is 10.3. The van der Waals surface area contributed by atoms with Crippen molar-refractivity contribution in [3.8, 4) is 0 Å². The molecule has 140 valence electrons. The molecule has 0 bridgehead atoms. The number of halogens is 1. The summed E-state index contributed by atoms with van der Waals surface area (Å²) in [6, 6.07) is 9.92. The second-order valence-electron chi connectivity index (χ2n) is 6.18. The molecule has 0 spiro atoms. The number of nitrogens with one attached hydrogen (secondary N) is 2. The zero-order chi connectivity index (χ0) is 19.3. The number of anilines is 2. The maximum absolute atomic E-state index is 12.6. The van der Waals surface area contributed by atoms with Gasteiger partial charge in [-0.15, -0.1) is 0 Å². The van der Waals surface area contributed by atoms with E-state index < -0.39 is 10.0 Å². The van der Waals surface area contributed by atoms with Crippen molar-refractivity contribution in [1.29, 1.82) is 0 Å². The van der Waals surface area contributed by atoms with Gasteiger partial charge in [-0.25, -0.2) is 8.42 Å². The van der Waals surface area contributed by atoms with Gasteiger partial charge in [0, 0.05) is 6.92 Å². The van der Waals surface area contributed by atoms with Crippen LogP contribution in [0.5, 0.6) is 0 Å². The molecule has 0 aliphatic heterocycles. The highest BCUT2D eigenvalue weighted by atomic mass is 35.5. The second-order valence-corrected chi connectivity index (χ2v) is 8.27. The average Bonchev–Trinajstić information content (AvgIpc) is 2.56. The van der Waals surface area contributed by atoms with Crippen LogP contribution >= 0.6 is 11.6 Å². The van der Waals surface area contributed by atoms with Gasteiger partial charge in [0.25, 0.3) is 10.0 Å². The van der Waals surface area contributed by atoms with E-state index in [0.717, 1.165) is 24.8 Å². The second kappa shape index (κ2) is 8.56. The third kappa shape index (κ3) is 5.22. The molecule has 2 N–H and O–H groups in total. The summed E-state index contributed by atoms with van der Waals surface area (Å²) in [6.45, 7) is 5.37. The third-order valence-corrected chi connectivity index (χ3v) is 5.59. The largest absolute Gasteiger partial charge is 0.325 e. The molecule has 0 fully saturated rings. The molecule has 0 atom stereocenters. The summed E-state index contributed by atoms with van der Waals surface area (Å²) >= 11 is 6.08. The van der Waals surface area contributed by atoms with E-state index in [1.165, 1.54) is 30.7 Å². The van der Waals surface area contributed by atoms with E-state index in [1.807, 2.05) is 19.1 Å². The number of sulfonamides is 1. The summed E-state index contributed by atoms with van der Waals surface area (Å²) in [4.78, 5) is 11.2. The highest BCUT2D eigenvalue weighted by Gasteiger charge is 2.17. The molecule has 0 saturated heterocycles. The lowest BCUT2D eigenvalue weighted by Gasteiger charge is -2.13. The van der Waals surface area contributed by atoms with Crippen LogP contribution in [0.3, 0.4) is 0 Å². The molecular weight excluding hydrogens is 372 g/mol. The predicted molar refractivity (Wildman–Crippen MR) is 106 cm³/mol. The van der Waals surface area contributed by atoms with Gasteiger partial charge in [-0.1, -0.05) is 37.1 Å². The topological polar surface area (TPSA) is 75.3 Å². The molecule has 2 aromatic carbocycles. The normalized spacial score (nSPS) is 11.2. The number of amides is 1. The number of hydrogen-bond acceptors (Lipinski definition) is 3. The summed E-state index contributed by atoms with van der Waals surface area (Å²) in [5.41, 5.74) is 2.96. The Morgan fingerprint density at radius 2 is 1.81 bits per heavy atom. The van der Waals surface area contributed by atoms with Crippen LogP contribution in [0.2, 0.25) is 5.02 Å². The fourth-order valence-corrected chi connectivity index (χ4v) is 3.98. The van der Waals surface area contributed by atoms with Crippen LogP contribution in [0.4, 0.5) is 11.4 Å². The molecule has 7 heteroatoms. The SMILES string of the molecule is CCCCc1ccc(NS(=O)(=O)c2ccc(NC(C)=O)c(Cl)c2)c(C)c1. The van der Waals surface area contributed by atoms with Gasteiger partial charge in [-0.2, -0.15) is 0 Å². The Balaban J connectivity index is 2.23. The molecule has 5 nitrogen and oxygen atoms in total. The van der Waals surface area contributed by atoms with E-state index in [-0.39, 0.29) is 15.8 Å². The van der Waals surface area contributed by atoms with Gasteiger partial charge in [0.2, 0.25) is 5.91 Å². The highest BCUT2D eigenvalue weighted by Crippen LogP contribution is 2.27.